The van der Waals surface area contributed by atoms with Gasteiger partial charge in [-0.25, -0.2) is 9.97 Å². The Morgan fingerprint density at radius 1 is 1.15 bits per heavy atom. The van der Waals surface area contributed by atoms with E-state index in [1.165, 1.54) is 34.2 Å². The number of pyridine rings is 1. The van der Waals surface area contributed by atoms with Gasteiger partial charge in [-0.2, -0.15) is 0 Å². The van der Waals surface area contributed by atoms with E-state index < -0.39 is 5.94 Å². The minimum atomic E-state index is -0.510. The molecule has 0 aliphatic carbocycles. The second-order valence-electron chi connectivity index (χ2n) is 8.99. The summed E-state index contributed by atoms with van der Waals surface area (Å²) in [6, 6.07) is 11.9. The number of nitrogens with two attached hydrogens (primary N) is 1. The van der Waals surface area contributed by atoms with Crippen LogP contribution < -0.4 is 27.2 Å². The first-order valence-corrected chi connectivity index (χ1v) is 16.0. The third kappa shape index (κ3) is 6.41. The van der Waals surface area contributed by atoms with Gasteiger partial charge in [0.25, 0.3) is 0 Å². The first kappa shape index (κ1) is 29.4. The van der Waals surface area contributed by atoms with Gasteiger partial charge in [-0.15, -0.1) is 0 Å². The molecule has 0 bridgehead atoms. The van der Waals surface area contributed by atoms with Gasteiger partial charge in [-0.3, -0.25) is 0 Å². The van der Waals surface area contributed by atoms with Crippen molar-refractivity contribution in [3.8, 4) is 0 Å². The van der Waals surface area contributed by atoms with E-state index in [-0.39, 0.29) is 17.3 Å². The fourth-order valence-corrected chi connectivity index (χ4v) is 6.97. The Bertz CT molecular complexity index is 1900. The summed E-state index contributed by atoms with van der Waals surface area (Å²) in [6.07, 6.45) is 6.70. The molecular weight excluding hydrogens is 766 g/mol. The van der Waals surface area contributed by atoms with Gasteiger partial charge in [0, 0.05) is 9.30 Å². The van der Waals surface area contributed by atoms with Crippen LogP contribution in [-0.4, -0.2) is 42.3 Å². The molecular formula is C28H23BFI2N7OS. The molecule has 3 N–H and O–H groups in total. The van der Waals surface area contributed by atoms with Gasteiger partial charge in [0.05, 0.1) is 5.35 Å². The molecule has 0 radical (unpaired) electrons. The van der Waals surface area contributed by atoms with E-state index in [4.69, 9.17) is 5.73 Å². The van der Waals surface area contributed by atoms with E-state index in [1.807, 2.05) is 4.08 Å². The fraction of sp³-hybridized carbons (Fsp3) is 0.143. The van der Waals surface area contributed by atoms with Gasteiger partial charge < -0.3 is 5.73 Å². The molecule has 0 saturated heterocycles. The molecule has 13 heteroatoms. The van der Waals surface area contributed by atoms with E-state index in [0.717, 1.165) is 25.4 Å². The van der Waals surface area contributed by atoms with Gasteiger partial charge in [0.1, 0.15) is 12.1 Å². The molecule has 5 aromatic rings. The molecule has 4 heterocycles. The molecule has 41 heavy (non-hydrogen) atoms. The van der Waals surface area contributed by atoms with Crippen LogP contribution in [0.5, 0.6) is 0 Å². The molecule has 2 atom stereocenters. The molecule has 206 valence electrons. The Kier molecular flexibility index (Phi) is 9.55. The SMILES string of the molecule is C=BC(c1ccc(F)cc1)n1cnc2ccnc(NCc3ccc(C(/C=c4/c(N)ncn/c4=C/I)CI)s3)c2c1=O. The number of hydrogen-bond donors (Lipinski definition) is 2. The van der Waals surface area contributed by atoms with E-state index in [2.05, 4.69) is 95.1 Å². The zero-order valence-corrected chi connectivity index (χ0v) is 26.7. The molecule has 0 saturated carbocycles. The molecule has 0 spiro atoms. The zero-order valence-electron chi connectivity index (χ0n) is 21.5. The number of aromatic nitrogens is 5. The summed E-state index contributed by atoms with van der Waals surface area (Å²) < 4.78 is 17.7. The normalized spacial score (nSPS) is 13.7. The van der Waals surface area contributed by atoms with Crippen LogP contribution in [0.1, 0.15) is 27.2 Å². The number of alkyl halides is 1. The predicted octanol–water partition coefficient (Wildman–Crippen LogP) is 3.83. The van der Waals surface area contributed by atoms with Crippen molar-refractivity contribution in [2.24, 2.45) is 0 Å². The number of thiophene rings is 1. The minimum absolute atomic E-state index is 0.132. The maximum atomic E-state index is 13.7. The molecule has 5 rings (SSSR count). The molecule has 0 aliphatic rings. The van der Waals surface area contributed by atoms with Crippen molar-refractivity contribution in [3.63, 3.8) is 0 Å². The number of rotatable bonds is 9. The van der Waals surface area contributed by atoms with E-state index in [0.29, 0.717) is 29.1 Å². The Morgan fingerprint density at radius 2 is 1.95 bits per heavy atom. The summed E-state index contributed by atoms with van der Waals surface area (Å²) >= 11 is 6.21. The van der Waals surface area contributed by atoms with Crippen molar-refractivity contribution < 1.29 is 4.39 Å². The van der Waals surface area contributed by atoms with Crippen LogP contribution >= 0.6 is 56.5 Å². The molecule has 4 aromatic heterocycles. The number of hydrogen-bond acceptors (Lipinski definition) is 8. The van der Waals surface area contributed by atoms with E-state index >= 15 is 0 Å². The quantitative estimate of drug-likeness (QED) is 0.133. The Labute approximate surface area is 266 Å². The second kappa shape index (κ2) is 13.3. The molecule has 1 aromatic carbocycles. The third-order valence-electron chi connectivity index (χ3n) is 6.49. The van der Waals surface area contributed by atoms with Crippen LogP contribution in [0, 0.1) is 5.82 Å². The summed E-state index contributed by atoms with van der Waals surface area (Å²) in [5, 5.41) is 5.34. The van der Waals surface area contributed by atoms with Gasteiger partial charge in [0.2, 0.25) is 0 Å². The van der Waals surface area contributed by atoms with Crippen molar-refractivity contribution >= 4 is 103 Å². The van der Waals surface area contributed by atoms with Crippen molar-refractivity contribution in [1.29, 1.82) is 0 Å². The van der Waals surface area contributed by atoms with Crippen LogP contribution in [0.15, 0.2) is 66.1 Å². The number of nitrogen functional groups attached to an aromatic ring is 1. The number of anilines is 2. The van der Waals surface area contributed by atoms with Crippen LogP contribution in [0.4, 0.5) is 16.0 Å². The van der Waals surface area contributed by atoms with Crippen LogP contribution in [0.3, 0.4) is 0 Å². The Balaban J connectivity index is 1.43. The van der Waals surface area contributed by atoms with Crippen molar-refractivity contribution in [3.05, 3.63) is 103 Å². The fourth-order valence-electron chi connectivity index (χ4n) is 4.42. The predicted molar refractivity (Wildman–Crippen MR) is 183 cm³/mol. The number of benzene rings is 1. The van der Waals surface area contributed by atoms with E-state index in [1.54, 1.807) is 42.7 Å². The monoisotopic (exact) mass is 789 g/mol. The third-order valence-corrected chi connectivity index (χ3v) is 9.25. The topological polar surface area (TPSA) is 112 Å². The average molecular weight is 789 g/mol. The van der Waals surface area contributed by atoms with Crippen LogP contribution in [-0.2, 0) is 6.54 Å². The summed E-state index contributed by atoms with van der Waals surface area (Å²) in [4.78, 5) is 33.4. The van der Waals surface area contributed by atoms with Crippen molar-refractivity contribution in [2.75, 3.05) is 15.5 Å². The van der Waals surface area contributed by atoms with Crippen molar-refractivity contribution in [1.82, 2.24) is 24.5 Å². The average Bonchev–Trinajstić information content (AvgIpc) is 3.46. The van der Waals surface area contributed by atoms with Gasteiger partial charge in [-0.1, -0.05) is 45.2 Å². The number of fused-ring (bicyclic) bond motifs is 1. The first-order chi connectivity index (χ1) is 19.9. The number of halogens is 3. The molecule has 0 fully saturated rings. The molecule has 2 unspecified atom stereocenters. The molecule has 8 nitrogen and oxygen atoms in total. The standard InChI is InChI=1S/C28H23BFI2N7OS/c1-29-25(16-2-4-18(30)5-3-16)39-15-38-21-8-9-34-27(24(21)28(39)40)35-13-19-6-7-23(41-19)17(11-31)10-20-22(12-32)36-14-37-26(20)33/h2-10,12,14-15,17,25H,1,11,13H2,(H,34,35)(H2,33,36,37)/b20-10+,22-12+. The number of nitrogens with zero attached hydrogens (tertiary/aromatic N) is 5. The summed E-state index contributed by atoms with van der Waals surface area (Å²) in [5.41, 5.74) is 7.14. The summed E-state index contributed by atoms with van der Waals surface area (Å²) in [7, 11) is 0. The second-order valence-corrected chi connectivity index (χ2v) is 11.7. The first-order valence-electron chi connectivity index (χ1n) is 12.4. The summed E-state index contributed by atoms with van der Waals surface area (Å²) in [6.45, 7) is 6.00. The van der Waals surface area contributed by atoms with Crippen molar-refractivity contribution in [2.45, 2.75) is 18.4 Å². The van der Waals surface area contributed by atoms with Gasteiger partial charge in [0.15, 0.2) is 0 Å². The van der Waals surface area contributed by atoms with Crippen LogP contribution in [0.25, 0.3) is 21.1 Å². The van der Waals surface area contributed by atoms with Crippen LogP contribution in [0.2, 0.25) is 0 Å². The van der Waals surface area contributed by atoms with E-state index in [9.17, 15) is 9.18 Å². The molecule has 0 aliphatic heterocycles. The Hall–Kier alpha value is -3.05. The molecule has 0 amide bonds. The Morgan fingerprint density at radius 3 is 2.68 bits per heavy atom. The zero-order chi connectivity index (χ0) is 28.9. The summed E-state index contributed by atoms with van der Waals surface area (Å²) in [5.74, 6) is 0.170. The number of nitrogens with one attached hydrogen (secondary N) is 1. The van der Waals surface area contributed by atoms with Gasteiger partial charge >= 0.3 is 181 Å². The van der Waals surface area contributed by atoms with Gasteiger partial charge in [-0.05, 0) is 0 Å². The maximum absolute atomic E-state index is 13.7.